The van der Waals surface area contributed by atoms with Crippen molar-refractivity contribution in [3.05, 3.63) is 0 Å². The molecule has 4 heteroatoms. The summed E-state index contributed by atoms with van der Waals surface area (Å²) in [6.45, 7) is 5.20. The maximum absolute atomic E-state index is 11.8. The number of hydrogen-bond acceptors (Lipinski definition) is 2. The number of fused-ring (bicyclic) bond motifs is 1. The van der Waals surface area contributed by atoms with E-state index in [0.717, 1.165) is 12.8 Å². The molecular weight excluding hydrogens is 198 g/mol. The average Bonchev–Trinajstić information content (AvgIpc) is 2.60. The van der Waals surface area contributed by atoms with E-state index in [4.69, 9.17) is 0 Å². The average molecular weight is 215 g/mol. The van der Waals surface area contributed by atoms with Crippen LogP contribution in [0.2, 0.25) is 0 Å². The summed E-state index contributed by atoms with van der Waals surface area (Å²) < 4.78 is 26.4. The molecule has 3 nitrogen and oxygen atoms in total. The van der Waals surface area contributed by atoms with E-state index in [1.807, 2.05) is 0 Å². The molecule has 0 aromatic carbocycles. The highest BCUT2D eigenvalue weighted by molar-refractivity contribution is 7.90. The first-order valence-corrected chi connectivity index (χ1v) is 6.93. The molecule has 14 heavy (non-hydrogen) atoms. The molecule has 2 bridgehead atoms. The molecule has 3 rings (SSSR count). The van der Waals surface area contributed by atoms with E-state index in [2.05, 4.69) is 18.6 Å². The predicted molar refractivity (Wildman–Crippen MR) is 54.3 cm³/mol. The monoisotopic (exact) mass is 215 g/mol. The number of rotatable bonds is 0. The standard InChI is InChI=1S/C10H17NO2S/c1-9(2)7-3-4-10(9)6-11-14(12,13)8(10)5-7/h7-8,11H,3-6H2,1-2H3/t7-,8+,10-/m0/s1. The number of nitrogens with one attached hydrogen (secondary N) is 1. The van der Waals surface area contributed by atoms with Crippen molar-refractivity contribution in [2.75, 3.05) is 6.54 Å². The highest BCUT2D eigenvalue weighted by Crippen LogP contribution is 2.68. The minimum absolute atomic E-state index is 0.0521. The van der Waals surface area contributed by atoms with E-state index in [-0.39, 0.29) is 16.1 Å². The van der Waals surface area contributed by atoms with Crippen molar-refractivity contribution in [3.8, 4) is 0 Å². The SMILES string of the molecule is CC1(C)[C@H]2CC[C@@]13CNS(=O)(=O)[C@@H]3C2. The summed E-state index contributed by atoms with van der Waals surface area (Å²) in [5.74, 6) is 0.629. The molecule has 0 aromatic rings. The zero-order chi connectivity index (χ0) is 10.2. The summed E-state index contributed by atoms with van der Waals surface area (Å²) in [5, 5.41) is -0.0938. The first kappa shape index (κ1) is 9.16. The van der Waals surface area contributed by atoms with E-state index in [9.17, 15) is 8.42 Å². The molecule has 2 saturated carbocycles. The van der Waals surface area contributed by atoms with E-state index in [0.29, 0.717) is 12.5 Å². The molecule has 0 aromatic heterocycles. The number of hydrogen-bond donors (Lipinski definition) is 1. The fourth-order valence-electron chi connectivity index (χ4n) is 4.18. The van der Waals surface area contributed by atoms with Gasteiger partial charge >= 0.3 is 0 Å². The zero-order valence-electron chi connectivity index (χ0n) is 8.71. The van der Waals surface area contributed by atoms with Crippen LogP contribution in [0.15, 0.2) is 0 Å². The lowest BCUT2D eigenvalue weighted by Gasteiger charge is -2.36. The van der Waals surface area contributed by atoms with Crippen molar-refractivity contribution in [2.45, 2.75) is 38.4 Å². The van der Waals surface area contributed by atoms with Crippen LogP contribution in [-0.4, -0.2) is 20.2 Å². The van der Waals surface area contributed by atoms with Gasteiger partial charge in [0.2, 0.25) is 10.0 Å². The fraction of sp³-hybridized carbons (Fsp3) is 1.00. The van der Waals surface area contributed by atoms with Gasteiger partial charge in [-0.25, -0.2) is 13.1 Å². The molecule has 0 radical (unpaired) electrons. The largest absolute Gasteiger partial charge is 0.215 e. The molecule has 0 amide bonds. The third-order valence-corrected chi connectivity index (χ3v) is 7.26. The van der Waals surface area contributed by atoms with Gasteiger partial charge < -0.3 is 0 Å². The maximum atomic E-state index is 11.8. The van der Waals surface area contributed by atoms with E-state index >= 15 is 0 Å². The summed E-state index contributed by atoms with van der Waals surface area (Å²) in [6, 6.07) is 0. The van der Waals surface area contributed by atoms with Crippen LogP contribution in [0.5, 0.6) is 0 Å². The Bertz CT molecular complexity index is 387. The lowest BCUT2D eigenvalue weighted by molar-refractivity contribution is 0.146. The second-order valence-corrected chi connectivity index (χ2v) is 7.65. The Kier molecular flexibility index (Phi) is 1.43. The molecule has 1 N–H and O–H groups in total. The van der Waals surface area contributed by atoms with E-state index in [1.165, 1.54) is 6.42 Å². The molecule has 1 heterocycles. The highest BCUT2D eigenvalue weighted by atomic mass is 32.2. The van der Waals surface area contributed by atoms with Crippen LogP contribution in [0.25, 0.3) is 0 Å². The van der Waals surface area contributed by atoms with Crippen molar-refractivity contribution in [3.63, 3.8) is 0 Å². The normalized spacial score (nSPS) is 52.1. The lowest BCUT2D eigenvalue weighted by Crippen LogP contribution is -2.38. The Morgan fingerprint density at radius 2 is 2.07 bits per heavy atom. The van der Waals surface area contributed by atoms with Crippen molar-refractivity contribution < 1.29 is 8.42 Å². The summed E-state index contributed by atoms with van der Waals surface area (Å²) in [7, 11) is -2.99. The van der Waals surface area contributed by atoms with Crippen LogP contribution in [0.4, 0.5) is 0 Å². The van der Waals surface area contributed by atoms with Crippen LogP contribution < -0.4 is 4.72 Å². The minimum Gasteiger partial charge on any atom is -0.214 e. The van der Waals surface area contributed by atoms with Crippen molar-refractivity contribution in [1.29, 1.82) is 0 Å². The Morgan fingerprint density at radius 1 is 1.36 bits per heavy atom. The summed E-state index contributed by atoms with van der Waals surface area (Å²) >= 11 is 0. The Labute approximate surface area is 85.3 Å². The van der Waals surface area contributed by atoms with Gasteiger partial charge in [0, 0.05) is 12.0 Å². The maximum Gasteiger partial charge on any atom is 0.215 e. The van der Waals surface area contributed by atoms with Crippen LogP contribution in [0, 0.1) is 16.7 Å². The van der Waals surface area contributed by atoms with Gasteiger partial charge in [-0.1, -0.05) is 13.8 Å². The lowest BCUT2D eigenvalue weighted by atomic mass is 9.69. The smallest absolute Gasteiger partial charge is 0.214 e. The van der Waals surface area contributed by atoms with E-state index in [1.54, 1.807) is 0 Å². The molecule has 0 unspecified atom stereocenters. The first-order chi connectivity index (χ1) is 6.40. The molecule has 80 valence electrons. The topological polar surface area (TPSA) is 46.2 Å². The van der Waals surface area contributed by atoms with Crippen molar-refractivity contribution >= 4 is 10.0 Å². The van der Waals surface area contributed by atoms with Crippen LogP contribution in [-0.2, 0) is 10.0 Å². The van der Waals surface area contributed by atoms with Gasteiger partial charge in [0.05, 0.1) is 5.25 Å². The Hall–Kier alpha value is -0.0900. The second-order valence-electron chi connectivity index (χ2n) is 5.70. The van der Waals surface area contributed by atoms with E-state index < -0.39 is 10.0 Å². The molecule has 3 atom stereocenters. The molecule has 3 aliphatic rings. The fourth-order valence-corrected chi connectivity index (χ4v) is 6.42. The van der Waals surface area contributed by atoms with Gasteiger partial charge in [-0.2, -0.15) is 0 Å². The number of sulfonamides is 1. The quantitative estimate of drug-likeness (QED) is 0.658. The Morgan fingerprint density at radius 3 is 2.64 bits per heavy atom. The zero-order valence-corrected chi connectivity index (χ0v) is 9.52. The van der Waals surface area contributed by atoms with Gasteiger partial charge in [-0.05, 0) is 30.6 Å². The van der Waals surface area contributed by atoms with Crippen LogP contribution in [0.1, 0.15) is 33.1 Å². The van der Waals surface area contributed by atoms with Gasteiger partial charge in [0.1, 0.15) is 0 Å². The molecule has 3 fully saturated rings. The van der Waals surface area contributed by atoms with Crippen LogP contribution in [0.3, 0.4) is 0 Å². The van der Waals surface area contributed by atoms with Gasteiger partial charge in [-0.3, -0.25) is 0 Å². The minimum atomic E-state index is -2.99. The van der Waals surface area contributed by atoms with Gasteiger partial charge in [-0.15, -0.1) is 0 Å². The molecule has 1 spiro atoms. The van der Waals surface area contributed by atoms with Gasteiger partial charge in [0.15, 0.2) is 0 Å². The molecule has 1 saturated heterocycles. The molecular formula is C10H17NO2S. The molecule has 2 aliphatic carbocycles. The Balaban J connectivity index is 2.17. The van der Waals surface area contributed by atoms with Gasteiger partial charge in [0.25, 0.3) is 0 Å². The van der Waals surface area contributed by atoms with Crippen molar-refractivity contribution in [1.82, 2.24) is 4.72 Å². The second kappa shape index (κ2) is 2.19. The third-order valence-electron chi connectivity index (χ3n) is 5.32. The molecule has 1 aliphatic heterocycles. The first-order valence-electron chi connectivity index (χ1n) is 5.39. The van der Waals surface area contributed by atoms with Crippen molar-refractivity contribution in [2.24, 2.45) is 16.7 Å². The highest BCUT2D eigenvalue weighted by Gasteiger charge is 2.70. The third kappa shape index (κ3) is 0.735. The van der Waals surface area contributed by atoms with Crippen LogP contribution >= 0.6 is 0 Å². The summed E-state index contributed by atoms with van der Waals surface area (Å²) in [4.78, 5) is 0. The predicted octanol–water partition coefficient (Wildman–Crippen LogP) is 1.11. The summed E-state index contributed by atoms with van der Waals surface area (Å²) in [5.41, 5.74) is 0.269. The summed E-state index contributed by atoms with van der Waals surface area (Å²) in [6.07, 6.45) is 3.21.